The van der Waals surface area contributed by atoms with Gasteiger partial charge < -0.3 is 18.9 Å². The molecule has 2 aliphatic heterocycles. The van der Waals surface area contributed by atoms with E-state index in [0.29, 0.717) is 0 Å². The molecule has 0 unspecified atom stereocenters. The standard InChI is InChI=1S/C46H29BN2O2/c1-4-14-31(15-5-1)48(32-16-6-2-7-17-32)34-24-25-36-37-28-44-38(29-40(37)49(39(36)27-34)33-18-8-3-9-19-33)47-45-35-20-11-10-13-30(35)23-26-43(45)50-41-21-12-22-42(51-44)46(41)47/h1-29H. The second-order valence-corrected chi connectivity index (χ2v) is 13.3. The molecule has 3 heterocycles. The molecule has 1 aromatic heterocycles. The molecule has 5 heteroatoms. The third-order valence-corrected chi connectivity index (χ3v) is 10.5. The highest BCUT2D eigenvalue weighted by Gasteiger charge is 2.41. The number of hydrogen-bond acceptors (Lipinski definition) is 3. The van der Waals surface area contributed by atoms with E-state index < -0.39 is 0 Å². The number of aromatic nitrogens is 1. The molecule has 0 spiro atoms. The van der Waals surface area contributed by atoms with E-state index in [0.717, 1.165) is 73.1 Å². The lowest BCUT2D eigenvalue weighted by Gasteiger charge is -2.33. The van der Waals surface area contributed by atoms with Gasteiger partial charge in [-0.05, 0) is 101 Å². The molecule has 0 aliphatic carbocycles. The van der Waals surface area contributed by atoms with Crippen LogP contribution in [0.15, 0.2) is 176 Å². The summed E-state index contributed by atoms with van der Waals surface area (Å²) in [5.41, 5.74) is 10.1. The molecule has 0 amide bonds. The first-order chi connectivity index (χ1) is 25.3. The van der Waals surface area contributed by atoms with Crippen molar-refractivity contribution in [2.24, 2.45) is 0 Å². The van der Waals surface area contributed by atoms with Crippen molar-refractivity contribution in [3.63, 3.8) is 0 Å². The summed E-state index contributed by atoms with van der Waals surface area (Å²) in [4.78, 5) is 2.32. The van der Waals surface area contributed by atoms with Gasteiger partial charge in [0.25, 0.3) is 6.71 Å². The smallest absolute Gasteiger partial charge is 0.261 e. The molecule has 0 saturated carbocycles. The van der Waals surface area contributed by atoms with Crippen LogP contribution in [0.2, 0.25) is 0 Å². The predicted octanol–water partition coefficient (Wildman–Crippen LogP) is 10.1. The molecule has 238 valence electrons. The zero-order valence-corrected chi connectivity index (χ0v) is 27.5. The summed E-state index contributed by atoms with van der Waals surface area (Å²) >= 11 is 0. The second-order valence-electron chi connectivity index (χ2n) is 13.3. The quantitative estimate of drug-likeness (QED) is 0.177. The Hall–Kier alpha value is -6.72. The molecule has 0 bridgehead atoms. The number of fused-ring (bicyclic) bond motifs is 9. The molecule has 0 fully saturated rings. The molecule has 9 aromatic rings. The Morgan fingerprint density at radius 1 is 0.412 bits per heavy atom. The molecule has 0 saturated heterocycles. The van der Waals surface area contributed by atoms with Gasteiger partial charge in [-0.15, -0.1) is 0 Å². The van der Waals surface area contributed by atoms with Crippen molar-refractivity contribution in [1.82, 2.24) is 4.57 Å². The summed E-state index contributed by atoms with van der Waals surface area (Å²) < 4.78 is 15.8. The molecule has 11 rings (SSSR count). The first-order valence-corrected chi connectivity index (χ1v) is 17.4. The molecule has 0 radical (unpaired) electrons. The highest BCUT2D eigenvalue weighted by molar-refractivity contribution is 6.99. The van der Waals surface area contributed by atoms with Gasteiger partial charge in [0, 0.05) is 39.0 Å². The van der Waals surface area contributed by atoms with Crippen molar-refractivity contribution in [1.29, 1.82) is 0 Å². The van der Waals surface area contributed by atoms with Gasteiger partial charge in [0.2, 0.25) is 0 Å². The van der Waals surface area contributed by atoms with Crippen molar-refractivity contribution < 1.29 is 9.47 Å². The average molecular weight is 653 g/mol. The fraction of sp³-hybridized carbons (Fsp3) is 0. The second kappa shape index (κ2) is 10.9. The zero-order valence-electron chi connectivity index (χ0n) is 27.5. The van der Waals surface area contributed by atoms with Gasteiger partial charge in [-0.1, -0.05) is 97.1 Å². The van der Waals surface area contributed by atoms with Gasteiger partial charge in [0.1, 0.15) is 23.0 Å². The van der Waals surface area contributed by atoms with Crippen molar-refractivity contribution in [2.75, 3.05) is 4.90 Å². The van der Waals surface area contributed by atoms with Crippen LogP contribution in [0.4, 0.5) is 17.1 Å². The van der Waals surface area contributed by atoms with Gasteiger partial charge in [0.15, 0.2) is 0 Å². The molecule has 51 heavy (non-hydrogen) atoms. The van der Waals surface area contributed by atoms with Crippen LogP contribution in [0.25, 0.3) is 38.3 Å². The van der Waals surface area contributed by atoms with Gasteiger partial charge in [-0.2, -0.15) is 0 Å². The number of rotatable bonds is 4. The monoisotopic (exact) mass is 652 g/mol. The van der Waals surface area contributed by atoms with Crippen molar-refractivity contribution >= 4 is 72.7 Å². The molecular formula is C46H29BN2O2. The number of anilines is 3. The van der Waals surface area contributed by atoms with E-state index in [2.05, 4.69) is 179 Å². The van der Waals surface area contributed by atoms with Crippen molar-refractivity contribution in [3.05, 3.63) is 176 Å². The van der Waals surface area contributed by atoms with Crippen molar-refractivity contribution in [3.8, 4) is 28.7 Å². The Morgan fingerprint density at radius 3 is 1.78 bits per heavy atom. The molecular weight excluding hydrogens is 623 g/mol. The minimum Gasteiger partial charge on any atom is -0.458 e. The summed E-state index contributed by atoms with van der Waals surface area (Å²) in [5, 5.41) is 4.71. The summed E-state index contributed by atoms with van der Waals surface area (Å²) in [5.74, 6) is 3.47. The summed E-state index contributed by atoms with van der Waals surface area (Å²) in [6, 6.07) is 62.3. The highest BCUT2D eigenvalue weighted by Crippen LogP contribution is 2.42. The topological polar surface area (TPSA) is 26.6 Å². The van der Waals surface area contributed by atoms with E-state index >= 15 is 0 Å². The van der Waals surface area contributed by atoms with Crippen LogP contribution in [-0.2, 0) is 0 Å². The maximum atomic E-state index is 6.80. The lowest BCUT2D eigenvalue weighted by atomic mass is 9.34. The minimum absolute atomic E-state index is 0.0522. The van der Waals surface area contributed by atoms with E-state index in [9.17, 15) is 0 Å². The van der Waals surface area contributed by atoms with E-state index in [1.165, 1.54) is 21.6 Å². The van der Waals surface area contributed by atoms with Gasteiger partial charge in [0.05, 0.1) is 11.0 Å². The predicted molar refractivity (Wildman–Crippen MR) is 211 cm³/mol. The fourth-order valence-electron chi connectivity index (χ4n) is 8.30. The van der Waals surface area contributed by atoms with Crippen LogP contribution in [0, 0.1) is 0 Å². The maximum Gasteiger partial charge on any atom is 0.261 e. The minimum atomic E-state index is -0.0522. The Balaban J connectivity index is 1.20. The third-order valence-electron chi connectivity index (χ3n) is 10.5. The zero-order chi connectivity index (χ0) is 33.5. The number of nitrogens with zero attached hydrogens (tertiary/aromatic N) is 2. The number of para-hydroxylation sites is 3. The van der Waals surface area contributed by atoms with Gasteiger partial charge in [-0.25, -0.2) is 0 Å². The summed E-state index contributed by atoms with van der Waals surface area (Å²) in [7, 11) is 0. The van der Waals surface area contributed by atoms with Crippen LogP contribution < -0.4 is 30.8 Å². The van der Waals surface area contributed by atoms with E-state index in [1.807, 2.05) is 6.07 Å². The molecule has 2 aliphatic rings. The SMILES string of the molecule is c1ccc(N(c2ccccc2)c2ccc3c4cc5c(cc4n(-c4ccccc4)c3c2)B2c3c(cccc3Oc3ccc4ccccc4c32)O5)cc1. The lowest BCUT2D eigenvalue weighted by molar-refractivity contribution is 0.465. The Bertz CT molecular complexity index is 2780. The average Bonchev–Trinajstić information content (AvgIpc) is 3.50. The van der Waals surface area contributed by atoms with E-state index in [-0.39, 0.29) is 6.71 Å². The van der Waals surface area contributed by atoms with E-state index in [4.69, 9.17) is 9.47 Å². The van der Waals surface area contributed by atoms with Crippen LogP contribution in [-0.4, -0.2) is 11.3 Å². The lowest BCUT2D eigenvalue weighted by Crippen LogP contribution is -2.57. The Labute approximate surface area is 295 Å². The van der Waals surface area contributed by atoms with E-state index in [1.54, 1.807) is 0 Å². The summed E-state index contributed by atoms with van der Waals surface area (Å²) in [6.07, 6.45) is 0. The largest absolute Gasteiger partial charge is 0.458 e. The molecule has 8 aromatic carbocycles. The maximum absolute atomic E-state index is 6.80. The number of ether oxygens (including phenoxy) is 2. The summed E-state index contributed by atoms with van der Waals surface area (Å²) in [6.45, 7) is -0.0522. The number of benzene rings is 8. The fourth-order valence-corrected chi connectivity index (χ4v) is 8.30. The number of hydrogen-bond donors (Lipinski definition) is 0. The Kier molecular flexibility index (Phi) is 6.01. The van der Waals surface area contributed by atoms with Crippen LogP contribution in [0.1, 0.15) is 0 Å². The molecule has 4 nitrogen and oxygen atoms in total. The Morgan fingerprint density at radius 2 is 1.04 bits per heavy atom. The van der Waals surface area contributed by atoms with Crippen LogP contribution >= 0.6 is 0 Å². The van der Waals surface area contributed by atoms with Crippen LogP contribution in [0.3, 0.4) is 0 Å². The highest BCUT2D eigenvalue weighted by atomic mass is 16.5. The first-order valence-electron chi connectivity index (χ1n) is 17.4. The molecule has 0 N–H and O–H groups in total. The van der Waals surface area contributed by atoms with Gasteiger partial charge in [-0.3, -0.25) is 0 Å². The normalized spacial score (nSPS) is 12.6. The van der Waals surface area contributed by atoms with Gasteiger partial charge >= 0.3 is 0 Å². The first kappa shape index (κ1) is 28.2. The van der Waals surface area contributed by atoms with Crippen LogP contribution in [0.5, 0.6) is 23.0 Å². The third kappa shape index (κ3) is 4.22. The molecule has 0 atom stereocenters. The van der Waals surface area contributed by atoms with Crippen molar-refractivity contribution in [2.45, 2.75) is 0 Å².